The Morgan fingerprint density at radius 2 is 1.33 bits per heavy atom. The second kappa shape index (κ2) is 7.64. The fourth-order valence-corrected chi connectivity index (χ4v) is 1.91. The van der Waals surface area contributed by atoms with Gasteiger partial charge in [-0.1, -0.05) is 36.4 Å². The minimum Gasteiger partial charge on any atom is -0.497 e. The second-order valence-corrected chi connectivity index (χ2v) is 4.96. The number of ketones is 1. The zero-order valence-corrected chi connectivity index (χ0v) is 12.9. The Bertz CT molecular complexity index is 740. The van der Waals surface area contributed by atoms with E-state index in [1.165, 1.54) is 30.4 Å². The van der Waals surface area contributed by atoms with Crippen molar-refractivity contribution in [3.63, 3.8) is 0 Å². The molecule has 0 saturated carbocycles. The summed E-state index contributed by atoms with van der Waals surface area (Å²) in [5.41, 5.74) is 0.645. The summed E-state index contributed by atoms with van der Waals surface area (Å²) < 4.78 is 42.4. The average molecular weight is 332 g/mol. The Kier molecular flexibility index (Phi) is 5.58. The first-order chi connectivity index (χ1) is 11.4. The SMILES string of the molecule is COc1ccc(/C=C/C(=O)/C=C/c2ccc(C(F)(F)F)cc2)cc1. The number of benzene rings is 2. The fourth-order valence-electron chi connectivity index (χ4n) is 1.91. The predicted octanol–water partition coefficient (Wildman–Crippen LogP) is 5.01. The van der Waals surface area contributed by atoms with Crippen molar-refractivity contribution >= 4 is 17.9 Å². The minimum absolute atomic E-state index is 0.259. The lowest BCUT2D eigenvalue weighted by atomic mass is 10.1. The second-order valence-electron chi connectivity index (χ2n) is 4.96. The van der Waals surface area contributed by atoms with Gasteiger partial charge in [0.1, 0.15) is 5.75 Å². The van der Waals surface area contributed by atoms with Crippen molar-refractivity contribution in [2.75, 3.05) is 7.11 Å². The Labute approximate surface area is 137 Å². The van der Waals surface area contributed by atoms with Crippen molar-refractivity contribution in [1.29, 1.82) is 0 Å². The van der Waals surface area contributed by atoms with Gasteiger partial charge in [0.05, 0.1) is 12.7 Å². The van der Waals surface area contributed by atoms with Crippen LogP contribution in [0.15, 0.2) is 60.7 Å². The van der Waals surface area contributed by atoms with Gasteiger partial charge in [0.2, 0.25) is 0 Å². The van der Waals surface area contributed by atoms with Crippen LogP contribution < -0.4 is 4.74 Å². The summed E-state index contributed by atoms with van der Waals surface area (Å²) in [5.74, 6) is 0.464. The Morgan fingerprint density at radius 1 is 0.875 bits per heavy atom. The van der Waals surface area contributed by atoms with E-state index in [-0.39, 0.29) is 5.78 Å². The largest absolute Gasteiger partial charge is 0.497 e. The van der Waals surface area contributed by atoms with Gasteiger partial charge >= 0.3 is 6.18 Å². The molecule has 2 rings (SSSR count). The van der Waals surface area contributed by atoms with Gasteiger partial charge in [-0.15, -0.1) is 0 Å². The molecule has 0 bridgehead atoms. The number of hydrogen-bond acceptors (Lipinski definition) is 2. The lowest BCUT2D eigenvalue weighted by Crippen LogP contribution is -2.03. The van der Waals surface area contributed by atoms with Crippen molar-refractivity contribution in [3.8, 4) is 5.75 Å². The van der Waals surface area contributed by atoms with Gasteiger partial charge in [0.15, 0.2) is 5.78 Å². The molecule has 0 aliphatic carbocycles. The number of carbonyl (C=O) groups excluding carboxylic acids is 1. The highest BCUT2D eigenvalue weighted by Gasteiger charge is 2.29. The maximum atomic E-state index is 12.5. The molecule has 0 aliphatic rings. The van der Waals surface area contributed by atoms with E-state index in [9.17, 15) is 18.0 Å². The summed E-state index contributed by atoms with van der Waals surface area (Å²) in [6.45, 7) is 0. The lowest BCUT2D eigenvalue weighted by Gasteiger charge is -2.05. The van der Waals surface area contributed by atoms with Crippen LogP contribution in [0.2, 0.25) is 0 Å². The highest BCUT2D eigenvalue weighted by atomic mass is 19.4. The van der Waals surface area contributed by atoms with E-state index in [0.717, 1.165) is 23.4 Å². The van der Waals surface area contributed by atoms with Gasteiger partial charge in [0, 0.05) is 0 Å². The third-order valence-corrected chi connectivity index (χ3v) is 3.23. The number of methoxy groups -OCH3 is 1. The molecule has 2 nitrogen and oxygen atoms in total. The number of carbonyl (C=O) groups is 1. The fraction of sp³-hybridized carbons (Fsp3) is 0.105. The van der Waals surface area contributed by atoms with Crippen LogP contribution in [0, 0.1) is 0 Å². The quantitative estimate of drug-likeness (QED) is 0.720. The standard InChI is InChI=1S/C19H15F3O2/c1-24-18-12-6-15(7-13-18)5-11-17(23)10-4-14-2-8-16(9-3-14)19(20,21)22/h2-13H,1H3/b10-4+,11-5+. The molecule has 0 N–H and O–H groups in total. The number of allylic oxidation sites excluding steroid dienone is 2. The molecule has 0 atom stereocenters. The van der Waals surface area contributed by atoms with Crippen LogP contribution >= 0.6 is 0 Å². The van der Waals surface area contributed by atoms with Crippen LogP contribution in [0.3, 0.4) is 0 Å². The van der Waals surface area contributed by atoms with E-state index in [0.29, 0.717) is 5.56 Å². The topological polar surface area (TPSA) is 26.3 Å². The summed E-state index contributed by atoms with van der Waals surface area (Å²) in [7, 11) is 1.57. The van der Waals surface area contributed by atoms with Crippen LogP contribution in [-0.4, -0.2) is 12.9 Å². The molecule has 0 amide bonds. The molecule has 0 radical (unpaired) electrons. The number of rotatable bonds is 5. The molecule has 5 heteroatoms. The van der Waals surface area contributed by atoms with Crippen molar-refractivity contribution in [1.82, 2.24) is 0 Å². The third-order valence-electron chi connectivity index (χ3n) is 3.23. The molecule has 0 heterocycles. The number of hydrogen-bond donors (Lipinski definition) is 0. The average Bonchev–Trinajstić information content (AvgIpc) is 2.58. The summed E-state index contributed by atoms with van der Waals surface area (Å²) in [4.78, 5) is 11.8. The maximum absolute atomic E-state index is 12.5. The first kappa shape index (κ1) is 17.5. The molecule has 0 fully saturated rings. The zero-order chi connectivity index (χ0) is 17.6. The lowest BCUT2D eigenvalue weighted by molar-refractivity contribution is -0.137. The van der Waals surface area contributed by atoms with Crippen molar-refractivity contribution in [3.05, 3.63) is 77.4 Å². The molecule has 0 saturated heterocycles. The van der Waals surface area contributed by atoms with Crippen LogP contribution in [0.25, 0.3) is 12.2 Å². The Morgan fingerprint density at radius 3 is 1.75 bits per heavy atom. The molecule has 2 aromatic carbocycles. The molecule has 24 heavy (non-hydrogen) atoms. The number of ether oxygens (including phenoxy) is 1. The van der Waals surface area contributed by atoms with Crippen LogP contribution in [0.4, 0.5) is 13.2 Å². The Hall–Kier alpha value is -2.82. The highest BCUT2D eigenvalue weighted by molar-refractivity contribution is 6.04. The molecule has 0 unspecified atom stereocenters. The molecule has 0 aromatic heterocycles. The zero-order valence-electron chi connectivity index (χ0n) is 12.9. The first-order valence-electron chi connectivity index (χ1n) is 7.10. The Balaban J connectivity index is 1.98. The van der Waals surface area contributed by atoms with Crippen LogP contribution in [0.1, 0.15) is 16.7 Å². The highest BCUT2D eigenvalue weighted by Crippen LogP contribution is 2.29. The molecular weight excluding hydrogens is 317 g/mol. The van der Waals surface area contributed by atoms with Gasteiger partial charge in [-0.25, -0.2) is 0 Å². The molecule has 2 aromatic rings. The third kappa shape index (κ3) is 5.12. The normalized spacial score (nSPS) is 12.0. The van der Waals surface area contributed by atoms with Crippen molar-refractivity contribution in [2.24, 2.45) is 0 Å². The number of halogens is 3. The van der Waals surface area contributed by atoms with Crippen LogP contribution in [0.5, 0.6) is 5.75 Å². The summed E-state index contributed by atoms with van der Waals surface area (Å²) in [6.07, 6.45) is 1.46. The van der Waals surface area contributed by atoms with E-state index < -0.39 is 11.7 Å². The van der Waals surface area contributed by atoms with E-state index in [1.54, 1.807) is 25.3 Å². The van der Waals surface area contributed by atoms with Crippen LogP contribution in [-0.2, 0) is 11.0 Å². The van der Waals surface area contributed by atoms with Gasteiger partial charge < -0.3 is 4.74 Å². The van der Waals surface area contributed by atoms with Gasteiger partial charge in [0.25, 0.3) is 0 Å². The van der Waals surface area contributed by atoms with E-state index >= 15 is 0 Å². The van der Waals surface area contributed by atoms with Gasteiger partial charge in [-0.2, -0.15) is 13.2 Å². The number of alkyl halides is 3. The summed E-state index contributed by atoms with van der Waals surface area (Å²) in [6, 6.07) is 11.8. The first-order valence-corrected chi connectivity index (χ1v) is 7.10. The maximum Gasteiger partial charge on any atom is 0.416 e. The van der Waals surface area contributed by atoms with E-state index in [1.807, 2.05) is 12.1 Å². The molecule has 0 aliphatic heterocycles. The van der Waals surface area contributed by atoms with Gasteiger partial charge in [-0.05, 0) is 47.5 Å². The smallest absolute Gasteiger partial charge is 0.416 e. The molecule has 0 spiro atoms. The van der Waals surface area contributed by atoms with Gasteiger partial charge in [-0.3, -0.25) is 4.79 Å². The summed E-state index contributed by atoms with van der Waals surface area (Å²) in [5, 5.41) is 0. The van der Waals surface area contributed by atoms with Crippen molar-refractivity contribution < 1.29 is 22.7 Å². The predicted molar refractivity (Wildman–Crippen MR) is 87.5 cm³/mol. The summed E-state index contributed by atoms with van der Waals surface area (Å²) >= 11 is 0. The van der Waals surface area contributed by atoms with E-state index in [4.69, 9.17) is 4.74 Å². The minimum atomic E-state index is -4.36. The molecule has 124 valence electrons. The monoisotopic (exact) mass is 332 g/mol. The van der Waals surface area contributed by atoms with Crippen molar-refractivity contribution in [2.45, 2.75) is 6.18 Å². The van der Waals surface area contributed by atoms with E-state index in [2.05, 4.69) is 0 Å². The molecular formula is C19H15F3O2.